The van der Waals surface area contributed by atoms with Crippen molar-refractivity contribution in [2.45, 2.75) is 24.3 Å². The lowest BCUT2D eigenvalue weighted by Crippen LogP contribution is -2.22. The summed E-state index contributed by atoms with van der Waals surface area (Å²) < 4.78 is 5.29. The molecule has 1 saturated carbocycles. The van der Waals surface area contributed by atoms with Crippen molar-refractivity contribution >= 4 is 0 Å². The standard InChI is InChI=1S/C13H19NO2/c1-16-9-13(6-7-13)11-5-3-2-4-10(11)12(14)8-15/h2-5,12,15H,6-9,14H2,1H3. The van der Waals surface area contributed by atoms with Gasteiger partial charge in [-0.3, -0.25) is 0 Å². The van der Waals surface area contributed by atoms with Crippen LogP contribution < -0.4 is 5.73 Å². The van der Waals surface area contributed by atoms with Gasteiger partial charge in [-0.1, -0.05) is 24.3 Å². The summed E-state index contributed by atoms with van der Waals surface area (Å²) in [6.07, 6.45) is 2.30. The number of hydrogen-bond acceptors (Lipinski definition) is 3. The first kappa shape index (κ1) is 11.6. The van der Waals surface area contributed by atoms with Gasteiger partial charge in [0, 0.05) is 12.5 Å². The Labute approximate surface area is 96.2 Å². The van der Waals surface area contributed by atoms with Crippen molar-refractivity contribution in [2.24, 2.45) is 5.73 Å². The molecule has 0 aliphatic heterocycles. The van der Waals surface area contributed by atoms with E-state index in [9.17, 15) is 5.11 Å². The second-order valence-corrected chi connectivity index (χ2v) is 4.59. The Morgan fingerprint density at radius 3 is 2.69 bits per heavy atom. The molecule has 0 aromatic heterocycles. The van der Waals surface area contributed by atoms with Crippen molar-refractivity contribution in [1.29, 1.82) is 0 Å². The van der Waals surface area contributed by atoms with E-state index in [0.29, 0.717) is 0 Å². The summed E-state index contributed by atoms with van der Waals surface area (Å²) in [5, 5.41) is 9.17. The fraction of sp³-hybridized carbons (Fsp3) is 0.538. The van der Waals surface area contributed by atoms with Crippen LogP contribution in [0.5, 0.6) is 0 Å². The monoisotopic (exact) mass is 221 g/mol. The van der Waals surface area contributed by atoms with E-state index >= 15 is 0 Å². The predicted octanol–water partition coefficient (Wildman–Crippen LogP) is 1.36. The number of nitrogens with two attached hydrogens (primary N) is 1. The van der Waals surface area contributed by atoms with Crippen LogP contribution in [0.3, 0.4) is 0 Å². The highest BCUT2D eigenvalue weighted by Crippen LogP contribution is 2.50. The van der Waals surface area contributed by atoms with E-state index in [4.69, 9.17) is 10.5 Å². The smallest absolute Gasteiger partial charge is 0.0624 e. The zero-order valence-corrected chi connectivity index (χ0v) is 9.65. The number of ether oxygens (including phenoxy) is 1. The Hall–Kier alpha value is -0.900. The maximum absolute atomic E-state index is 9.17. The van der Waals surface area contributed by atoms with Gasteiger partial charge in [-0.2, -0.15) is 0 Å². The average Bonchev–Trinajstić information content (AvgIpc) is 3.09. The Bertz CT molecular complexity index is 361. The molecule has 16 heavy (non-hydrogen) atoms. The normalized spacial score (nSPS) is 19.4. The van der Waals surface area contributed by atoms with E-state index in [1.54, 1.807) is 7.11 Å². The molecular formula is C13H19NO2. The Kier molecular flexibility index (Phi) is 3.28. The van der Waals surface area contributed by atoms with E-state index in [0.717, 1.165) is 25.0 Å². The Morgan fingerprint density at radius 2 is 2.12 bits per heavy atom. The largest absolute Gasteiger partial charge is 0.394 e. The van der Waals surface area contributed by atoms with Gasteiger partial charge in [0.15, 0.2) is 0 Å². The fourth-order valence-electron chi connectivity index (χ4n) is 2.32. The van der Waals surface area contributed by atoms with Gasteiger partial charge in [0.1, 0.15) is 0 Å². The van der Waals surface area contributed by atoms with Gasteiger partial charge in [0.05, 0.1) is 19.3 Å². The summed E-state index contributed by atoms with van der Waals surface area (Å²) in [6.45, 7) is 0.724. The molecular weight excluding hydrogens is 202 g/mol. The number of hydrogen-bond donors (Lipinski definition) is 2. The molecule has 0 radical (unpaired) electrons. The first-order chi connectivity index (χ1) is 7.73. The second kappa shape index (κ2) is 4.53. The quantitative estimate of drug-likeness (QED) is 0.789. The predicted molar refractivity (Wildman–Crippen MR) is 63.2 cm³/mol. The summed E-state index contributed by atoms with van der Waals surface area (Å²) in [5.41, 5.74) is 8.38. The maximum atomic E-state index is 9.17. The van der Waals surface area contributed by atoms with Gasteiger partial charge in [-0.05, 0) is 24.0 Å². The van der Waals surface area contributed by atoms with Crippen LogP contribution in [0.4, 0.5) is 0 Å². The van der Waals surface area contributed by atoms with Gasteiger partial charge in [0.2, 0.25) is 0 Å². The summed E-state index contributed by atoms with van der Waals surface area (Å²) in [7, 11) is 1.73. The highest BCUT2D eigenvalue weighted by molar-refractivity contribution is 5.40. The zero-order valence-electron chi connectivity index (χ0n) is 9.65. The first-order valence-electron chi connectivity index (χ1n) is 5.68. The molecule has 2 rings (SSSR count). The molecule has 1 atom stereocenters. The van der Waals surface area contributed by atoms with E-state index in [2.05, 4.69) is 6.07 Å². The van der Waals surface area contributed by atoms with Crippen LogP contribution in [0.25, 0.3) is 0 Å². The molecule has 0 amide bonds. The molecule has 1 aromatic rings. The minimum Gasteiger partial charge on any atom is -0.394 e. The molecule has 1 fully saturated rings. The molecule has 3 nitrogen and oxygen atoms in total. The third-order valence-electron chi connectivity index (χ3n) is 3.40. The minimum atomic E-state index is -0.287. The van der Waals surface area contributed by atoms with Crippen LogP contribution >= 0.6 is 0 Å². The summed E-state index contributed by atoms with van der Waals surface area (Å²) in [4.78, 5) is 0. The number of aliphatic hydroxyl groups excluding tert-OH is 1. The number of benzene rings is 1. The van der Waals surface area contributed by atoms with Crippen LogP contribution in [0.15, 0.2) is 24.3 Å². The molecule has 88 valence electrons. The molecule has 0 heterocycles. The van der Waals surface area contributed by atoms with E-state index < -0.39 is 0 Å². The van der Waals surface area contributed by atoms with Crippen molar-refractivity contribution in [2.75, 3.05) is 20.3 Å². The van der Waals surface area contributed by atoms with Crippen LogP contribution in [0.2, 0.25) is 0 Å². The molecule has 1 aliphatic rings. The van der Waals surface area contributed by atoms with Crippen LogP contribution in [0.1, 0.15) is 30.0 Å². The molecule has 1 unspecified atom stereocenters. The first-order valence-corrected chi connectivity index (χ1v) is 5.68. The summed E-state index contributed by atoms with van der Waals surface area (Å²) >= 11 is 0. The van der Waals surface area contributed by atoms with E-state index in [1.165, 1.54) is 5.56 Å². The number of methoxy groups -OCH3 is 1. The number of rotatable bonds is 5. The lowest BCUT2D eigenvalue weighted by molar-refractivity contribution is 0.170. The zero-order chi connectivity index (χ0) is 11.6. The minimum absolute atomic E-state index is 0.0138. The van der Waals surface area contributed by atoms with Crippen LogP contribution in [-0.2, 0) is 10.2 Å². The van der Waals surface area contributed by atoms with Gasteiger partial charge >= 0.3 is 0 Å². The highest BCUT2D eigenvalue weighted by Gasteiger charge is 2.45. The lowest BCUT2D eigenvalue weighted by Gasteiger charge is -2.21. The summed E-state index contributed by atoms with van der Waals surface area (Å²) in [5.74, 6) is 0. The SMILES string of the molecule is COCC1(c2ccccc2C(N)CO)CC1. The summed E-state index contributed by atoms with van der Waals surface area (Å²) in [6, 6.07) is 7.82. The molecule has 3 heteroatoms. The van der Waals surface area contributed by atoms with Crippen molar-refractivity contribution in [3.63, 3.8) is 0 Å². The number of aliphatic hydroxyl groups is 1. The van der Waals surface area contributed by atoms with Crippen LogP contribution in [-0.4, -0.2) is 25.4 Å². The molecule has 0 spiro atoms. The lowest BCUT2D eigenvalue weighted by atomic mass is 9.89. The van der Waals surface area contributed by atoms with Crippen molar-refractivity contribution in [3.8, 4) is 0 Å². The van der Waals surface area contributed by atoms with Gasteiger partial charge < -0.3 is 15.6 Å². The molecule has 0 saturated heterocycles. The van der Waals surface area contributed by atoms with Crippen LogP contribution in [0, 0.1) is 0 Å². The maximum Gasteiger partial charge on any atom is 0.0624 e. The molecule has 1 aromatic carbocycles. The van der Waals surface area contributed by atoms with Crippen molar-refractivity contribution in [1.82, 2.24) is 0 Å². The molecule has 0 bridgehead atoms. The third kappa shape index (κ3) is 1.98. The molecule has 1 aliphatic carbocycles. The van der Waals surface area contributed by atoms with Gasteiger partial charge in [0.25, 0.3) is 0 Å². The second-order valence-electron chi connectivity index (χ2n) is 4.59. The highest BCUT2D eigenvalue weighted by atomic mass is 16.5. The van der Waals surface area contributed by atoms with Gasteiger partial charge in [-0.25, -0.2) is 0 Å². The topological polar surface area (TPSA) is 55.5 Å². The Morgan fingerprint density at radius 1 is 1.44 bits per heavy atom. The van der Waals surface area contributed by atoms with Gasteiger partial charge in [-0.15, -0.1) is 0 Å². The molecule has 3 N–H and O–H groups in total. The fourth-order valence-corrected chi connectivity index (χ4v) is 2.32. The third-order valence-corrected chi connectivity index (χ3v) is 3.40. The average molecular weight is 221 g/mol. The van der Waals surface area contributed by atoms with E-state index in [-0.39, 0.29) is 18.1 Å². The van der Waals surface area contributed by atoms with Crippen molar-refractivity contribution < 1.29 is 9.84 Å². The van der Waals surface area contributed by atoms with E-state index in [1.807, 2.05) is 18.2 Å². The Balaban J connectivity index is 2.33. The van der Waals surface area contributed by atoms with Crippen molar-refractivity contribution in [3.05, 3.63) is 35.4 Å².